The van der Waals surface area contributed by atoms with Gasteiger partial charge in [-0.1, -0.05) is 46.3 Å². The maximum absolute atomic E-state index is 13.2. The number of nitrogens with zero attached hydrogens (tertiary/aromatic N) is 1. The highest BCUT2D eigenvalue weighted by Gasteiger charge is 2.42. The number of ketones is 1. The van der Waals surface area contributed by atoms with Gasteiger partial charge in [-0.05, 0) is 56.6 Å². The summed E-state index contributed by atoms with van der Waals surface area (Å²) in [5, 5.41) is 24.8. The Labute approximate surface area is 215 Å². The standard InChI is InChI=1S/C28H45N3O5/c1-16-9-8-10-17(2)26(34)20(5)27(35)28(6,7)22(32)13-23(33)31-25(18(3)11-16)19(4)12-21-15-36-24(14-29)30-21/h11-12,15,17-18,20,22,25-26,32,34H,8-10,13-14,29H2,1-7H3,(H,31,33)/b16-11-,19-12+/t17-,18-,20+,22-,25-,26-/m0/s1. The lowest BCUT2D eigenvalue weighted by Crippen LogP contribution is -2.48. The van der Waals surface area contributed by atoms with Crippen LogP contribution in [-0.2, 0) is 16.1 Å². The van der Waals surface area contributed by atoms with Gasteiger partial charge in [0.05, 0.1) is 36.6 Å². The monoisotopic (exact) mass is 503 g/mol. The summed E-state index contributed by atoms with van der Waals surface area (Å²) in [6.45, 7) is 13.2. The molecule has 6 atom stereocenters. The quantitative estimate of drug-likeness (QED) is 0.461. The highest BCUT2D eigenvalue weighted by Crippen LogP contribution is 2.32. The summed E-state index contributed by atoms with van der Waals surface area (Å²) < 4.78 is 5.34. The predicted octanol–water partition coefficient (Wildman–Crippen LogP) is 3.77. The molecular weight excluding hydrogens is 458 g/mol. The van der Waals surface area contributed by atoms with Crippen molar-refractivity contribution in [2.75, 3.05) is 0 Å². The molecule has 0 radical (unpaired) electrons. The Balaban J connectivity index is 2.40. The SMILES string of the molecule is C/C1=C/[C@H](C)[C@@H](/C(C)=C/c2coc(CN)n2)NC(=O)C[C@H](O)C(C)(C)C(=O)[C@H](C)[C@@H](O)[C@@H](C)CCC1. The molecule has 1 aromatic heterocycles. The van der Waals surface area contributed by atoms with Crippen molar-refractivity contribution in [2.45, 2.75) is 98.9 Å². The second-order valence-electron chi connectivity index (χ2n) is 11.1. The van der Waals surface area contributed by atoms with E-state index < -0.39 is 23.5 Å². The van der Waals surface area contributed by atoms with Gasteiger partial charge >= 0.3 is 0 Å². The number of aliphatic hydroxyl groups excluding tert-OH is 2. The van der Waals surface area contributed by atoms with Crippen molar-refractivity contribution in [3.8, 4) is 0 Å². The molecule has 1 aromatic rings. The fourth-order valence-corrected chi connectivity index (χ4v) is 5.03. The maximum atomic E-state index is 13.2. The number of hydrogen-bond donors (Lipinski definition) is 4. The van der Waals surface area contributed by atoms with Crippen LogP contribution in [0.4, 0.5) is 0 Å². The minimum atomic E-state index is -1.19. The van der Waals surface area contributed by atoms with Crippen LogP contribution >= 0.6 is 0 Å². The van der Waals surface area contributed by atoms with Gasteiger partial charge in [0.15, 0.2) is 0 Å². The highest BCUT2D eigenvalue weighted by atomic mass is 16.3. The predicted molar refractivity (Wildman–Crippen MR) is 140 cm³/mol. The van der Waals surface area contributed by atoms with Gasteiger partial charge in [0.1, 0.15) is 17.7 Å². The summed E-state index contributed by atoms with van der Waals surface area (Å²) in [6, 6.07) is -0.343. The summed E-state index contributed by atoms with van der Waals surface area (Å²) in [4.78, 5) is 30.7. The molecule has 1 amide bonds. The van der Waals surface area contributed by atoms with E-state index in [1.807, 2.05) is 26.8 Å². The van der Waals surface area contributed by atoms with Gasteiger partial charge in [-0.15, -0.1) is 0 Å². The van der Waals surface area contributed by atoms with E-state index in [4.69, 9.17) is 10.2 Å². The van der Waals surface area contributed by atoms with E-state index in [0.717, 1.165) is 24.8 Å². The van der Waals surface area contributed by atoms with Crippen LogP contribution in [0.3, 0.4) is 0 Å². The van der Waals surface area contributed by atoms with E-state index in [1.54, 1.807) is 20.8 Å². The molecule has 8 nitrogen and oxygen atoms in total. The van der Waals surface area contributed by atoms with Crippen LogP contribution in [0.1, 0.15) is 85.7 Å². The first-order valence-electron chi connectivity index (χ1n) is 13.0. The Morgan fingerprint density at radius 2 is 1.94 bits per heavy atom. The first kappa shape index (κ1) is 29.9. The minimum absolute atomic E-state index is 0.0335. The molecule has 0 aromatic carbocycles. The Morgan fingerprint density at radius 1 is 1.28 bits per heavy atom. The van der Waals surface area contributed by atoms with Crippen LogP contribution in [0.2, 0.25) is 0 Å². The molecular formula is C28H45N3O5. The second-order valence-corrected chi connectivity index (χ2v) is 11.1. The number of oxazole rings is 1. The fraction of sp³-hybridized carbons (Fsp3) is 0.679. The van der Waals surface area contributed by atoms with E-state index in [2.05, 4.69) is 23.3 Å². The van der Waals surface area contributed by atoms with E-state index in [9.17, 15) is 19.8 Å². The van der Waals surface area contributed by atoms with Gasteiger partial charge in [-0.3, -0.25) is 9.59 Å². The third kappa shape index (κ3) is 7.60. The Hall–Kier alpha value is -2.29. The first-order chi connectivity index (χ1) is 16.8. The van der Waals surface area contributed by atoms with Gasteiger partial charge in [0, 0.05) is 5.92 Å². The number of nitrogens with one attached hydrogen (secondary N) is 1. The highest BCUT2D eigenvalue weighted by molar-refractivity contribution is 5.88. The Morgan fingerprint density at radius 3 is 2.56 bits per heavy atom. The number of Topliss-reactive ketones (excluding diaryl/α,β-unsaturated/α-hetero) is 1. The average Bonchev–Trinajstić information content (AvgIpc) is 3.27. The van der Waals surface area contributed by atoms with Gasteiger partial charge in [-0.2, -0.15) is 0 Å². The molecule has 1 aliphatic rings. The third-order valence-corrected chi connectivity index (χ3v) is 7.59. The fourth-order valence-electron chi connectivity index (χ4n) is 5.03. The average molecular weight is 504 g/mol. The topological polar surface area (TPSA) is 139 Å². The molecule has 5 N–H and O–H groups in total. The lowest BCUT2D eigenvalue weighted by atomic mass is 9.73. The molecule has 2 rings (SSSR count). The lowest BCUT2D eigenvalue weighted by molar-refractivity contribution is -0.143. The molecule has 0 unspecified atom stereocenters. The van der Waals surface area contributed by atoms with Crippen molar-refractivity contribution in [1.29, 1.82) is 0 Å². The number of nitrogens with two attached hydrogens (primary N) is 1. The zero-order valence-corrected chi connectivity index (χ0v) is 22.9. The summed E-state index contributed by atoms with van der Waals surface area (Å²) in [5.74, 6) is -0.894. The molecule has 8 heteroatoms. The molecule has 0 saturated heterocycles. The number of rotatable bonds is 3. The molecule has 0 fully saturated rings. The molecule has 2 heterocycles. The van der Waals surface area contributed by atoms with Gasteiger partial charge < -0.3 is 25.7 Å². The number of carbonyl (C=O) groups is 2. The summed E-state index contributed by atoms with van der Waals surface area (Å²) in [7, 11) is 0. The van der Waals surface area contributed by atoms with Crippen LogP contribution < -0.4 is 11.1 Å². The number of carbonyl (C=O) groups excluding carboxylic acids is 2. The van der Waals surface area contributed by atoms with Crippen LogP contribution in [-0.4, -0.2) is 45.1 Å². The molecule has 0 bridgehead atoms. The largest absolute Gasteiger partial charge is 0.447 e. The van der Waals surface area contributed by atoms with Crippen LogP contribution in [0.5, 0.6) is 0 Å². The van der Waals surface area contributed by atoms with Gasteiger partial charge in [0.2, 0.25) is 11.8 Å². The molecule has 36 heavy (non-hydrogen) atoms. The van der Waals surface area contributed by atoms with Crippen molar-refractivity contribution in [2.24, 2.45) is 28.9 Å². The number of aromatic nitrogens is 1. The normalized spacial score (nSPS) is 33.1. The zero-order valence-electron chi connectivity index (χ0n) is 22.9. The Kier molecular flexibility index (Phi) is 10.6. The smallest absolute Gasteiger partial charge is 0.223 e. The van der Waals surface area contributed by atoms with E-state index in [-0.39, 0.29) is 42.5 Å². The third-order valence-electron chi connectivity index (χ3n) is 7.59. The van der Waals surface area contributed by atoms with Crippen LogP contribution in [0, 0.1) is 23.2 Å². The van der Waals surface area contributed by atoms with Crippen molar-refractivity contribution in [1.82, 2.24) is 10.3 Å². The first-order valence-corrected chi connectivity index (χ1v) is 13.0. The van der Waals surface area contributed by atoms with Gasteiger partial charge in [-0.25, -0.2) is 4.98 Å². The van der Waals surface area contributed by atoms with Crippen LogP contribution in [0.25, 0.3) is 6.08 Å². The van der Waals surface area contributed by atoms with Crippen molar-refractivity contribution in [3.05, 3.63) is 35.1 Å². The van der Waals surface area contributed by atoms with Crippen LogP contribution in [0.15, 0.2) is 27.9 Å². The number of hydrogen-bond acceptors (Lipinski definition) is 7. The summed E-state index contributed by atoms with van der Waals surface area (Å²) in [6.07, 6.45) is 5.87. The van der Waals surface area contributed by atoms with Crippen molar-refractivity contribution >= 4 is 17.8 Å². The molecule has 1 aliphatic heterocycles. The second kappa shape index (κ2) is 12.8. The van der Waals surface area contributed by atoms with E-state index >= 15 is 0 Å². The van der Waals surface area contributed by atoms with E-state index in [0.29, 0.717) is 11.6 Å². The number of allylic oxidation sites excluding steroid dienone is 1. The zero-order chi connectivity index (χ0) is 27.2. The molecule has 0 aliphatic carbocycles. The summed E-state index contributed by atoms with van der Waals surface area (Å²) in [5.41, 5.74) is 7.11. The number of aliphatic hydroxyl groups is 2. The lowest BCUT2D eigenvalue weighted by Gasteiger charge is -2.35. The number of amides is 1. The van der Waals surface area contributed by atoms with Gasteiger partial charge in [0.25, 0.3) is 0 Å². The molecule has 0 spiro atoms. The minimum Gasteiger partial charge on any atom is -0.447 e. The molecule has 0 saturated carbocycles. The van der Waals surface area contributed by atoms with Crippen molar-refractivity contribution < 1.29 is 24.2 Å². The van der Waals surface area contributed by atoms with E-state index in [1.165, 1.54) is 11.8 Å². The summed E-state index contributed by atoms with van der Waals surface area (Å²) >= 11 is 0. The Bertz CT molecular complexity index is 964. The molecule has 202 valence electrons. The maximum Gasteiger partial charge on any atom is 0.223 e. The van der Waals surface area contributed by atoms with Crippen molar-refractivity contribution in [3.63, 3.8) is 0 Å².